The maximum Gasteiger partial charge on any atom is 0.472 e. The number of epoxide rings is 1. The maximum absolute atomic E-state index is 12.7. The highest BCUT2D eigenvalue weighted by Gasteiger charge is 2.36. The van der Waals surface area contributed by atoms with Crippen LogP contribution in [0, 0.1) is 0 Å². The fourth-order valence-electron chi connectivity index (χ4n) is 6.51. The number of carboxylic acids is 1. The van der Waals surface area contributed by atoms with Gasteiger partial charge in [-0.3, -0.25) is 23.4 Å². The van der Waals surface area contributed by atoms with Gasteiger partial charge >= 0.3 is 25.7 Å². The van der Waals surface area contributed by atoms with Gasteiger partial charge in [0.1, 0.15) is 12.6 Å². The number of ether oxygens (including phenoxy) is 3. The van der Waals surface area contributed by atoms with Gasteiger partial charge in [-0.05, 0) is 51.4 Å². The van der Waals surface area contributed by atoms with Crippen molar-refractivity contribution in [1.82, 2.24) is 0 Å². The molecule has 1 saturated heterocycles. The van der Waals surface area contributed by atoms with E-state index in [1.807, 2.05) is 6.08 Å². The average Bonchev–Trinajstić information content (AvgIpc) is 3.97. The zero-order valence-corrected chi connectivity index (χ0v) is 37.7. The highest BCUT2D eigenvalue weighted by Crippen LogP contribution is 2.43. The van der Waals surface area contributed by atoms with Crippen LogP contribution in [0.15, 0.2) is 36.5 Å². The molecule has 3 unspecified atom stereocenters. The number of carbonyl (C=O) groups excluding carboxylic acids is 2. The Labute approximate surface area is 357 Å². The fourth-order valence-corrected chi connectivity index (χ4v) is 7.29. The van der Waals surface area contributed by atoms with E-state index < -0.39 is 51.1 Å². The van der Waals surface area contributed by atoms with Crippen LogP contribution in [0.5, 0.6) is 0 Å². The molecule has 13 heteroatoms. The Morgan fingerprint density at radius 1 is 0.610 bits per heavy atom. The van der Waals surface area contributed by atoms with E-state index in [-0.39, 0.29) is 31.7 Å². The van der Waals surface area contributed by atoms with Crippen molar-refractivity contribution < 1.29 is 52.2 Å². The SMILES string of the molecule is CCCCC/C=C\C/C=C\CC1OC1C/C=C\CCCC(=O)OC[C@H](COP(=O)(O)OC[C@H](N)C(=O)O)OC(=O)CCCCCCCCCCCCCCCCCCC. The molecule has 0 aliphatic carbocycles. The number of hydrogen-bond acceptors (Lipinski definition) is 10. The number of carboxylic acid groups (broad SMARTS) is 1. The van der Waals surface area contributed by atoms with E-state index >= 15 is 0 Å². The molecule has 342 valence electrons. The van der Waals surface area contributed by atoms with E-state index in [0.29, 0.717) is 19.3 Å². The van der Waals surface area contributed by atoms with Crippen molar-refractivity contribution in [3.05, 3.63) is 36.5 Å². The lowest BCUT2D eigenvalue weighted by atomic mass is 10.0. The molecule has 1 aliphatic rings. The number of rotatable bonds is 42. The number of unbranched alkanes of at least 4 members (excludes halogenated alkanes) is 20. The summed E-state index contributed by atoms with van der Waals surface area (Å²) in [4.78, 5) is 46.1. The normalized spacial score (nSPS) is 17.4. The molecule has 5 atom stereocenters. The zero-order chi connectivity index (χ0) is 43.2. The third-order valence-corrected chi connectivity index (χ3v) is 11.2. The maximum atomic E-state index is 12.7. The van der Waals surface area contributed by atoms with Crippen molar-refractivity contribution in [3.8, 4) is 0 Å². The first kappa shape index (κ1) is 54.7. The first-order valence-electron chi connectivity index (χ1n) is 23.1. The van der Waals surface area contributed by atoms with Crippen LogP contribution in [0.3, 0.4) is 0 Å². The van der Waals surface area contributed by atoms with Crippen LogP contribution in [0.2, 0.25) is 0 Å². The molecule has 59 heavy (non-hydrogen) atoms. The summed E-state index contributed by atoms with van der Waals surface area (Å²) in [6, 6.07) is -1.53. The summed E-state index contributed by atoms with van der Waals surface area (Å²) >= 11 is 0. The number of allylic oxidation sites excluding steroid dienone is 4. The molecule has 0 aromatic carbocycles. The highest BCUT2D eigenvalue weighted by molar-refractivity contribution is 7.47. The molecule has 12 nitrogen and oxygen atoms in total. The summed E-state index contributed by atoms with van der Waals surface area (Å²) < 4.78 is 38.5. The molecule has 1 fully saturated rings. The standard InChI is InChI=1S/C46H82NO11P/c1-3-5-7-9-11-13-14-15-16-17-18-19-20-22-24-26-32-36-45(49)57-40(38-55-59(52,53)56-39-41(47)46(50)51)37-54-44(48)35-31-28-27-30-34-43-42(58-43)33-29-25-23-21-12-10-8-6-4-2/h12,21,25,27,29-30,40-43H,3-11,13-20,22-24,26,28,31-39,47H2,1-2H3,(H,50,51)(H,52,53)/b21-12-,29-25-,30-27-/t40-,41+,42?,43?/m1/s1. The molecule has 0 aromatic rings. The predicted octanol–water partition coefficient (Wildman–Crippen LogP) is 11.4. The monoisotopic (exact) mass is 856 g/mol. The number of nitrogens with two attached hydrogens (primary N) is 1. The van der Waals surface area contributed by atoms with Gasteiger partial charge in [0.05, 0.1) is 25.4 Å². The van der Waals surface area contributed by atoms with Gasteiger partial charge in [0.15, 0.2) is 6.10 Å². The Balaban J connectivity index is 2.30. The largest absolute Gasteiger partial charge is 0.480 e. The van der Waals surface area contributed by atoms with E-state index in [1.165, 1.54) is 103 Å². The van der Waals surface area contributed by atoms with E-state index in [9.17, 15) is 23.8 Å². The topological polar surface area (TPSA) is 184 Å². The fraction of sp³-hybridized carbons (Fsp3) is 0.804. The van der Waals surface area contributed by atoms with E-state index in [0.717, 1.165) is 44.9 Å². The summed E-state index contributed by atoms with van der Waals surface area (Å²) in [5.41, 5.74) is 5.34. The van der Waals surface area contributed by atoms with Gasteiger partial charge in [0.25, 0.3) is 0 Å². The van der Waals surface area contributed by atoms with Gasteiger partial charge < -0.3 is 29.9 Å². The summed E-state index contributed by atoms with van der Waals surface area (Å²) in [5, 5.41) is 8.90. The van der Waals surface area contributed by atoms with Crippen LogP contribution in [-0.2, 0) is 42.2 Å². The number of esters is 2. The number of phosphoric ester groups is 1. The van der Waals surface area contributed by atoms with Gasteiger partial charge in [0.2, 0.25) is 0 Å². The molecule has 0 bridgehead atoms. The Bertz CT molecular complexity index is 1210. The Kier molecular flexibility index (Phi) is 34.7. The van der Waals surface area contributed by atoms with Crippen molar-refractivity contribution in [2.45, 2.75) is 218 Å². The Hall–Kier alpha value is -2.34. The van der Waals surface area contributed by atoms with Crippen LogP contribution in [-0.4, -0.2) is 72.1 Å². The summed E-state index contributed by atoms with van der Waals surface area (Å²) in [6.07, 6.45) is 42.3. The Morgan fingerprint density at radius 3 is 1.64 bits per heavy atom. The van der Waals surface area contributed by atoms with Gasteiger partial charge in [-0.1, -0.05) is 166 Å². The van der Waals surface area contributed by atoms with Gasteiger partial charge in [-0.25, -0.2) is 4.57 Å². The highest BCUT2D eigenvalue weighted by atomic mass is 31.2. The first-order chi connectivity index (χ1) is 28.6. The van der Waals surface area contributed by atoms with Crippen LogP contribution >= 0.6 is 7.82 Å². The summed E-state index contributed by atoms with van der Waals surface area (Å²) in [7, 11) is -4.73. The minimum Gasteiger partial charge on any atom is -0.480 e. The third-order valence-electron chi connectivity index (χ3n) is 10.3. The molecule has 0 saturated carbocycles. The Morgan fingerprint density at radius 2 is 1.07 bits per heavy atom. The molecular weight excluding hydrogens is 773 g/mol. The molecule has 0 spiro atoms. The van der Waals surface area contributed by atoms with Crippen LogP contribution in [0.4, 0.5) is 0 Å². The quantitative estimate of drug-likeness (QED) is 0.0174. The van der Waals surface area contributed by atoms with Crippen molar-refractivity contribution in [1.29, 1.82) is 0 Å². The lowest BCUT2D eigenvalue weighted by Gasteiger charge is -2.20. The van der Waals surface area contributed by atoms with E-state index in [2.05, 4.69) is 48.8 Å². The van der Waals surface area contributed by atoms with Crippen LogP contribution < -0.4 is 5.73 Å². The average molecular weight is 856 g/mol. The molecule has 0 radical (unpaired) electrons. The lowest BCUT2D eigenvalue weighted by molar-refractivity contribution is -0.161. The molecule has 1 rings (SSSR count). The third kappa shape index (κ3) is 35.0. The molecule has 1 aliphatic heterocycles. The zero-order valence-electron chi connectivity index (χ0n) is 36.8. The van der Waals surface area contributed by atoms with E-state index in [4.69, 9.17) is 29.6 Å². The van der Waals surface area contributed by atoms with Crippen molar-refractivity contribution in [2.75, 3.05) is 19.8 Å². The van der Waals surface area contributed by atoms with E-state index in [1.54, 1.807) is 0 Å². The second-order valence-corrected chi connectivity index (χ2v) is 17.4. The van der Waals surface area contributed by atoms with Crippen LogP contribution in [0.25, 0.3) is 0 Å². The van der Waals surface area contributed by atoms with Crippen LogP contribution in [0.1, 0.15) is 194 Å². The molecule has 1 heterocycles. The number of carbonyl (C=O) groups is 3. The smallest absolute Gasteiger partial charge is 0.472 e. The molecule has 0 aromatic heterocycles. The second kappa shape index (κ2) is 37.4. The van der Waals surface area contributed by atoms with Gasteiger partial charge in [-0.15, -0.1) is 0 Å². The predicted molar refractivity (Wildman–Crippen MR) is 235 cm³/mol. The minimum atomic E-state index is -4.73. The lowest BCUT2D eigenvalue weighted by Crippen LogP contribution is -2.34. The number of phosphoric acid groups is 1. The van der Waals surface area contributed by atoms with Crippen molar-refractivity contribution in [2.24, 2.45) is 5.73 Å². The second-order valence-electron chi connectivity index (χ2n) is 15.9. The molecule has 0 amide bonds. The summed E-state index contributed by atoms with van der Waals surface area (Å²) in [6.45, 7) is 2.72. The first-order valence-corrected chi connectivity index (χ1v) is 24.6. The number of aliphatic carboxylic acids is 1. The van der Waals surface area contributed by atoms with Gasteiger partial charge in [-0.2, -0.15) is 0 Å². The number of hydrogen-bond donors (Lipinski definition) is 3. The van der Waals surface area contributed by atoms with Gasteiger partial charge in [0, 0.05) is 12.8 Å². The molecule has 4 N–H and O–H groups in total. The minimum absolute atomic E-state index is 0.139. The molecular formula is C46H82NO11P. The van der Waals surface area contributed by atoms with Crippen molar-refractivity contribution >= 4 is 25.7 Å². The summed E-state index contributed by atoms with van der Waals surface area (Å²) in [5.74, 6) is -2.45. The van der Waals surface area contributed by atoms with Crippen molar-refractivity contribution in [3.63, 3.8) is 0 Å².